The zero-order valence-electron chi connectivity index (χ0n) is 10.7. The molecule has 3 N–H and O–H groups in total. The average Bonchev–Trinajstić information content (AvgIpc) is 2.35. The molecule has 0 unspecified atom stereocenters. The van der Waals surface area contributed by atoms with E-state index in [1.165, 1.54) is 5.56 Å². The maximum Gasteiger partial charge on any atom is 0.265 e. The van der Waals surface area contributed by atoms with Crippen LogP contribution in [0.2, 0.25) is 0 Å². The van der Waals surface area contributed by atoms with E-state index < -0.39 is 0 Å². The van der Waals surface area contributed by atoms with E-state index in [4.69, 9.17) is 5.84 Å². The maximum absolute atomic E-state index is 11.3. The van der Waals surface area contributed by atoms with Crippen molar-refractivity contribution in [1.29, 1.82) is 0 Å². The summed E-state index contributed by atoms with van der Waals surface area (Å²) in [6, 6.07) is 8.05. The Labute approximate surface area is 103 Å². The molecule has 0 aromatic heterocycles. The largest absolute Gasteiger partial charge is 0.297 e. The predicted molar refractivity (Wildman–Crippen MR) is 69.3 cm³/mol. The van der Waals surface area contributed by atoms with E-state index in [1.54, 1.807) is 12.1 Å². The Balaban J connectivity index is 2.71. The van der Waals surface area contributed by atoms with E-state index in [9.17, 15) is 4.79 Å². The van der Waals surface area contributed by atoms with Crippen LogP contribution in [0.25, 0.3) is 0 Å². The normalized spacial score (nSPS) is 10.9. The number of carbonyl (C=O) groups is 1. The molecule has 1 amide bonds. The molecule has 0 bridgehead atoms. The standard InChI is InChI=1S/C13H21N3O/c1-4-16(10(2)3)9-11-5-7-12(8-6-11)13(17)15-14/h5-8,10H,4,9,14H2,1-3H3,(H,15,17). The number of nitrogens with one attached hydrogen (secondary N) is 1. The van der Waals surface area contributed by atoms with Crippen molar-refractivity contribution in [3.8, 4) is 0 Å². The summed E-state index contributed by atoms with van der Waals surface area (Å²) in [7, 11) is 0. The molecular formula is C13H21N3O. The van der Waals surface area contributed by atoms with Crippen molar-refractivity contribution in [2.24, 2.45) is 5.84 Å². The lowest BCUT2D eigenvalue weighted by Gasteiger charge is -2.24. The van der Waals surface area contributed by atoms with E-state index in [-0.39, 0.29) is 5.91 Å². The van der Waals surface area contributed by atoms with Crippen molar-refractivity contribution < 1.29 is 4.79 Å². The average molecular weight is 235 g/mol. The first-order valence-electron chi connectivity index (χ1n) is 5.92. The minimum atomic E-state index is -0.257. The molecule has 0 spiro atoms. The monoisotopic (exact) mass is 235 g/mol. The quantitative estimate of drug-likeness (QED) is 0.462. The Morgan fingerprint density at radius 2 is 1.94 bits per heavy atom. The van der Waals surface area contributed by atoms with Gasteiger partial charge in [0.1, 0.15) is 0 Å². The van der Waals surface area contributed by atoms with Crippen LogP contribution in [0.15, 0.2) is 24.3 Å². The molecule has 0 aliphatic carbocycles. The Hall–Kier alpha value is -1.39. The Kier molecular flexibility index (Phi) is 5.12. The van der Waals surface area contributed by atoms with Gasteiger partial charge in [-0.05, 0) is 38.1 Å². The van der Waals surface area contributed by atoms with E-state index >= 15 is 0 Å². The van der Waals surface area contributed by atoms with Crippen LogP contribution in [-0.4, -0.2) is 23.4 Å². The van der Waals surface area contributed by atoms with E-state index in [2.05, 4.69) is 31.1 Å². The topological polar surface area (TPSA) is 58.4 Å². The van der Waals surface area contributed by atoms with Gasteiger partial charge < -0.3 is 0 Å². The molecule has 1 aromatic rings. The van der Waals surface area contributed by atoms with Crippen LogP contribution in [0.3, 0.4) is 0 Å². The van der Waals surface area contributed by atoms with Gasteiger partial charge in [0.2, 0.25) is 0 Å². The number of nitrogens with two attached hydrogens (primary N) is 1. The molecule has 4 nitrogen and oxygen atoms in total. The highest BCUT2D eigenvalue weighted by Gasteiger charge is 2.08. The first-order valence-corrected chi connectivity index (χ1v) is 5.92. The minimum Gasteiger partial charge on any atom is -0.297 e. The number of hydrazine groups is 1. The number of nitrogens with zero attached hydrogens (tertiary/aromatic N) is 1. The summed E-state index contributed by atoms with van der Waals surface area (Å²) in [6.07, 6.45) is 0. The van der Waals surface area contributed by atoms with Gasteiger partial charge in [-0.1, -0.05) is 19.1 Å². The number of hydrogen-bond donors (Lipinski definition) is 2. The van der Waals surface area contributed by atoms with Gasteiger partial charge >= 0.3 is 0 Å². The third-order valence-corrected chi connectivity index (χ3v) is 2.87. The third-order valence-electron chi connectivity index (χ3n) is 2.87. The molecule has 0 saturated heterocycles. The lowest BCUT2D eigenvalue weighted by Crippen LogP contribution is -2.30. The predicted octanol–water partition coefficient (Wildman–Crippen LogP) is 1.52. The van der Waals surface area contributed by atoms with Gasteiger partial charge in [-0.3, -0.25) is 15.1 Å². The highest BCUT2D eigenvalue weighted by molar-refractivity contribution is 5.93. The zero-order valence-corrected chi connectivity index (χ0v) is 10.7. The van der Waals surface area contributed by atoms with Crippen molar-refractivity contribution in [1.82, 2.24) is 10.3 Å². The number of carbonyl (C=O) groups excluding carboxylic acids is 1. The zero-order chi connectivity index (χ0) is 12.8. The molecule has 0 aliphatic heterocycles. The van der Waals surface area contributed by atoms with Gasteiger partial charge in [-0.25, -0.2) is 5.84 Å². The van der Waals surface area contributed by atoms with Gasteiger partial charge in [0.25, 0.3) is 5.91 Å². The fourth-order valence-electron chi connectivity index (χ4n) is 1.74. The molecule has 0 radical (unpaired) electrons. The van der Waals surface area contributed by atoms with E-state index in [0.717, 1.165) is 13.1 Å². The summed E-state index contributed by atoms with van der Waals surface area (Å²) in [4.78, 5) is 13.6. The summed E-state index contributed by atoms with van der Waals surface area (Å²) in [5, 5.41) is 0. The Morgan fingerprint density at radius 1 is 1.35 bits per heavy atom. The van der Waals surface area contributed by atoms with Crippen molar-refractivity contribution >= 4 is 5.91 Å². The molecule has 94 valence electrons. The van der Waals surface area contributed by atoms with Crippen LogP contribution in [-0.2, 0) is 6.54 Å². The van der Waals surface area contributed by atoms with Crippen molar-refractivity contribution in [3.05, 3.63) is 35.4 Å². The van der Waals surface area contributed by atoms with Gasteiger partial charge in [0, 0.05) is 18.2 Å². The fourth-order valence-corrected chi connectivity index (χ4v) is 1.74. The first-order chi connectivity index (χ1) is 8.08. The summed E-state index contributed by atoms with van der Waals surface area (Å²) < 4.78 is 0. The van der Waals surface area contributed by atoms with E-state index in [1.807, 2.05) is 12.1 Å². The maximum atomic E-state index is 11.3. The minimum absolute atomic E-state index is 0.257. The molecule has 0 saturated carbocycles. The van der Waals surface area contributed by atoms with Crippen LogP contribution in [0.4, 0.5) is 0 Å². The molecule has 0 fully saturated rings. The van der Waals surface area contributed by atoms with Crippen molar-refractivity contribution in [2.75, 3.05) is 6.54 Å². The molecule has 0 heterocycles. The number of amides is 1. The summed E-state index contributed by atoms with van der Waals surface area (Å²) in [5.74, 6) is 4.82. The lowest BCUT2D eigenvalue weighted by molar-refractivity contribution is 0.0953. The van der Waals surface area contributed by atoms with Gasteiger partial charge in [-0.15, -0.1) is 0 Å². The Morgan fingerprint density at radius 3 is 2.35 bits per heavy atom. The molecule has 1 aromatic carbocycles. The molecule has 0 atom stereocenters. The van der Waals surface area contributed by atoms with Crippen LogP contribution >= 0.6 is 0 Å². The van der Waals surface area contributed by atoms with Gasteiger partial charge in [0.15, 0.2) is 0 Å². The Bertz CT molecular complexity index is 359. The highest BCUT2D eigenvalue weighted by Crippen LogP contribution is 2.09. The molecular weight excluding hydrogens is 214 g/mol. The van der Waals surface area contributed by atoms with E-state index in [0.29, 0.717) is 11.6 Å². The molecule has 1 rings (SSSR count). The van der Waals surface area contributed by atoms with Crippen molar-refractivity contribution in [3.63, 3.8) is 0 Å². The number of benzene rings is 1. The highest BCUT2D eigenvalue weighted by atomic mass is 16.2. The van der Waals surface area contributed by atoms with Gasteiger partial charge in [0.05, 0.1) is 0 Å². The summed E-state index contributed by atoms with van der Waals surface area (Å²) in [6.45, 7) is 8.43. The number of rotatable bonds is 5. The second kappa shape index (κ2) is 6.37. The van der Waals surface area contributed by atoms with Crippen LogP contribution < -0.4 is 11.3 Å². The van der Waals surface area contributed by atoms with Crippen LogP contribution in [0.5, 0.6) is 0 Å². The lowest BCUT2D eigenvalue weighted by atomic mass is 10.1. The second-order valence-corrected chi connectivity index (χ2v) is 4.33. The molecule has 0 aliphatic rings. The van der Waals surface area contributed by atoms with Crippen LogP contribution in [0.1, 0.15) is 36.7 Å². The first kappa shape index (κ1) is 13.7. The fraction of sp³-hybridized carbons (Fsp3) is 0.462. The summed E-state index contributed by atoms with van der Waals surface area (Å²) in [5.41, 5.74) is 3.91. The SMILES string of the molecule is CCN(Cc1ccc(C(=O)NN)cc1)C(C)C. The number of nitrogen functional groups attached to an aromatic ring is 1. The van der Waals surface area contributed by atoms with Crippen molar-refractivity contribution in [2.45, 2.75) is 33.4 Å². The molecule has 4 heteroatoms. The van der Waals surface area contributed by atoms with Gasteiger partial charge in [-0.2, -0.15) is 0 Å². The van der Waals surface area contributed by atoms with Crippen LogP contribution in [0, 0.1) is 0 Å². The summed E-state index contributed by atoms with van der Waals surface area (Å²) >= 11 is 0. The number of hydrogen-bond acceptors (Lipinski definition) is 3. The second-order valence-electron chi connectivity index (χ2n) is 4.33. The third kappa shape index (κ3) is 3.84. The smallest absolute Gasteiger partial charge is 0.265 e. The molecule has 17 heavy (non-hydrogen) atoms.